The minimum atomic E-state index is -0.504. The Bertz CT molecular complexity index is 662. The Morgan fingerprint density at radius 2 is 2.35 bits per heavy atom. The number of aromatic nitrogens is 2. The number of carbonyl (C=O) groups excluding carboxylic acids is 2. The molecule has 2 heterocycles. The van der Waals surface area contributed by atoms with Gasteiger partial charge in [-0.1, -0.05) is 11.6 Å². The first-order valence-electron chi connectivity index (χ1n) is 5.82. The van der Waals surface area contributed by atoms with E-state index in [0.717, 1.165) is 4.96 Å². The van der Waals surface area contributed by atoms with Crippen LogP contribution in [0.15, 0.2) is 17.7 Å². The number of rotatable bonds is 6. The third kappa shape index (κ3) is 3.58. The van der Waals surface area contributed by atoms with Crippen molar-refractivity contribution < 1.29 is 14.3 Å². The van der Waals surface area contributed by atoms with E-state index in [1.165, 1.54) is 17.4 Å². The molecule has 2 N–H and O–H groups in total. The molecular weight excluding hydrogens is 302 g/mol. The Labute approximate surface area is 123 Å². The number of carbonyl (C=O) groups is 2. The number of halogens is 1. The number of nitrogens with zero attached hydrogens (tertiary/aromatic N) is 2. The van der Waals surface area contributed by atoms with Gasteiger partial charge >= 0.3 is 5.97 Å². The number of fused-ring (bicyclic) bond motifs is 1. The molecule has 0 spiro atoms. The van der Waals surface area contributed by atoms with Crippen molar-refractivity contribution in [2.75, 3.05) is 6.61 Å². The minimum absolute atomic E-state index is 0.153. The largest absolute Gasteiger partial charge is 0.463 e. The van der Waals surface area contributed by atoms with E-state index in [-0.39, 0.29) is 13.0 Å². The first-order valence-corrected chi connectivity index (χ1v) is 7.08. The van der Waals surface area contributed by atoms with Gasteiger partial charge in [-0.2, -0.15) is 0 Å². The van der Waals surface area contributed by atoms with E-state index < -0.39 is 11.9 Å². The quantitative estimate of drug-likeness (QED) is 0.501. The SMILES string of the molecule is NC(=O)CCCOC(=O)/C=C\c1c(Cl)nc2sccn12. The summed E-state index contributed by atoms with van der Waals surface area (Å²) in [5, 5.41) is 2.20. The van der Waals surface area contributed by atoms with E-state index in [4.69, 9.17) is 22.1 Å². The fourth-order valence-corrected chi connectivity index (χ4v) is 2.55. The Balaban J connectivity index is 1.92. The van der Waals surface area contributed by atoms with Crippen LogP contribution >= 0.6 is 22.9 Å². The van der Waals surface area contributed by atoms with Crippen LogP contribution in [0.1, 0.15) is 18.5 Å². The lowest BCUT2D eigenvalue weighted by Crippen LogP contribution is -2.12. The summed E-state index contributed by atoms with van der Waals surface area (Å²) in [7, 11) is 0. The van der Waals surface area contributed by atoms with Gasteiger partial charge in [-0.05, 0) is 12.5 Å². The number of hydrogen-bond donors (Lipinski definition) is 1. The third-order valence-corrected chi connectivity index (χ3v) is 3.48. The zero-order valence-electron chi connectivity index (χ0n) is 10.4. The first-order chi connectivity index (χ1) is 9.58. The van der Waals surface area contributed by atoms with Crippen LogP contribution in [0.2, 0.25) is 5.15 Å². The molecule has 0 unspecified atom stereocenters. The van der Waals surface area contributed by atoms with Crippen LogP contribution in [0.5, 0.6) is 0 Å². The van der Waals surface area contributed by atoms with E-state index in [1.807, 2.05) is 11.6 Å². The summed E-state index contributed by atoms with van der Waals surface area (Å²) in [4.78, 5) is 26.9. The van der Waals surface area contributed by atoms with Crippen LogP contribution < -0.4 is 5.73 Å². The molecule has 0 aliphatic rings. The summed E-state index contributed by atoms with van der Waals surface area (Å²) in [5.74, 6) is -0.918. The van der Waals surface area contributed by atoms with Crippen molar-refractivity contribution in [2.24, 2.45) is 5.73 Å². The molecule has 0 atom stereocenters. The predicted molar refractivity (Wildman–Crippen MR) is 76.5 cm³/mol. The number of ether oxygens (including phenoxy) is 1. The van der Waals surface area contributed by atoms with Gasteiger partial charge in [-0.15, -0.1) is 11.3 Å². The maximum atomic E-state index is 11.5. The zero-order chi connectivity index (χ0) is 14.5. The number of primary amides is 1. The molecule has 0 aliphatic carbocycles. The maximum Gasteiger partial charge on any atom is 0.330 e. The number of amides is 1. The summed E-state index contributed by atoms with van der Waals surface area (Å²) < 4.78 is 6.70. The van der Waals surface area contributed by atoms with E-state index in [0.29, 0.717) is 17.3 Å². The summed E-state index contributed by atoms with van der Waals surface area (Å²) >= 11 is 7.42. The number of nitrogens with two attached hydrogens (primary N) is 1. The van der Waals surface area contributed by atoms with Gasteiger partial charge < -0.3 is 10.5 Å². The van der Waals surface area contributed by atoms with Gasteiger partial charge in [0.1, 0.15) is 0 Å². The van der Waals surface area contributed by atoms with Gasteiger partial charge in [-0.3, -0.25) is 9.20 Å². The Morgan fingerprint density at radius 3 is 3.10 bits per heavy atom. The smallest absolute Gasteiger partial charge is 0.330 e. The normalized spacial score (nSPS) is 11.2. The van der Waals surface area contributed by atoms with Gasteiger partial charge in [0.15, 0.2) is 10.1 Å². The molecule has 0 bridgehead atoms. The van der Waals surface area contributed by atoms with E-state index in [2.05, 4.69) is 4.98 Å². The van der Waals surface area contributed by atoms with Crippen molar-refractivity contribution >= 4 is 45.9 Å². The molecule has 0 aliphatic heterocycles. The second-order valence-corrected chi connectivity index (χ2v) is 5.15. The van der Waals surface area contributed by atoms with Crippen LogP contribution in [0.25, 0.3) is 11.0 Å². The highest BCUT2D eigenvalue weighted by molar-refractivity contribution is 7.15. The van der Waals surface area contributed by atoms with Gasteiger partial charge in [0.05, 0.1) is 12.3 Å². The van der Waals surface area contributed by atoms with Crippen molar-refractivity contribution in [3.05, 3.63) is 28.5 Å². The summed E-state index contributed by atoms with van der Waals surface area (Å²) in [6, 6.07) is 0. The third-order valence-electron chi connectivity index (χ3n) is 2.44. The maximum absolute atomic E-state index is 11.5. The van der Waals surface area contributed by atoms with Crippen LogP contribution in [0.4, 0.5) is 0 Å². The lowest BCUT2D eigenvalue weighted by Gasteiger charge is -1.99. The molecule has 0 saturated carbocycles. The molecule has 1 amide bonds. The van der Waals surface area contributed by atoms with Crippen LogP contribution in [-0.2, 0) is 14.3 Å². The minimum Gasteiger partial charge on any atom is -0.463 e. The molecule has 0 radical (unpaired) electrons. The van der Waals surface area contributed by atoms with Crippen molar-refractivity contribution in [2.45, 2.75) is 12.8 Å². The number of hydrogen-bond acceptors (Lipinski definition) is 5. The van der Waals surface area contributed by atoms with Crippen LogP contribution in [-0.4, -0.2) is 27.9 Å². The summed E-state index contributed by atoms with van der Waals surface area (Å²) in [6.07, 6.45) is 5.25. The Hall–Kier alpha value is -1.86. The number of esters is 1. The second-order valence-electron chi connectivity index (χ2n) is 3.91. The van der Waals surface area contributed by atoms with Crippen LogP contribution in [0.3, 0.4) is 0 Å². The number of imidazole rings is 1. The van der Waals surface area contributed by atoms with Crippen molar-refractivity contribution in [3.63, 3.8) is 0 Å². The molecule has 2 aromatic heterocycles. The molecule has 2 rings (SSSR count). The standard InChI is InChI=1S/C12H12ClN3O3S/c13-11-8(16-5-7-20-12(16)15-11)3-4-10(18)19-6-1-2-9(14)17/h3-5,7H,1-2,6H2,(H2,14,17)/b4-3-. The lowest BCUT2D eigenvalue weighted by atomic mass is 10.3. The predicted octanol–water partition coefficient (Wildman–Crippen LogP) is 1.87. The molecule has 2 aromatic rings. The molecule has 0 fully saturated rings. The van der Waals surface area contributed by atoms with Crippen molar-refractivity contribution in [3.8, 4) is 0 Å². The van der Waals surface area contributed by atoms with Gasteiger partial charge in [0.2, 0.25) is 5.91 Å². The van der Waals surface area contributed by atoms with E-state index >= 15 is 0 Å². The fourth-order valence-electron chi connectivity index (χ4n) is 1.54. The van der Waals surface area contributed by atoms with E-state index in [9.17, 15) is 9.59 Å². The molecule has 20 heavy (non-hydrogen) atoms. The van der Waals surface area contributed by atoms with Gasteiger partial charge in [0, 0.05) is 24.1 Å². The van der Waals surface area contributed by atoms with Crippen molar-refractivity contribution in [1.82, 2.24) is 9.38 Å². The molecule has 0 aromatic carbocycles. The van der Waals surface area contributed by atoms with E-state index in [1.54, 1.807) is 10.5 Å². The second kappa shape index (κ2) is 6.53. The summed E-state index contributed by atoms with van der Waals surface area (Å²) in [5.41, 5.74) is 5.60. The van der Waals surface area contributed by atoms with Crippen molar-refractivity contribution in [1.29, 1.82) is 0 Å². The monoisotopic (exact) mass is 313 g/mol. The fraction of sp³-hybridized carbons (Fsp3) is 0.250. The molecule has 106 valence electrons. The molecule has 0 saturated heterocycles. The molecule has 8 heteroatoms. The highest BCUT2D eigenvalue weighted by Crippen LogP contribution is 2.22. The highest BCUT2D eigenvalue weighted by atomic mass is 35.5. The van der Waals surface area contributed by atoms with Gasteiger partial charge in [-0.25, -0.2) is 9.78 Å². The summed E-state index contributed by atoms with van der Waals surface area (Å²) in [6.45, 7) is 0.153. The zero-order valence-corrected chi connectivity index (χ0v) is 12.0. The highest BCUT2D eigenvalue weighted by Gasteiger charge is 2.08. The first kappa shape index (κ1) is 14.5. The average molecular weight is 314 g/mol. The number of thiazole rings is 1. The van der Waals surface area contributed by atoms with Gasteiger partial charge in [0.25, 0.3) is 0 Å². The molecule has 6 nitrogen and oxygen atoms in total. The topological polar surface area (TPSA) is 86.7 Å². The average Bonchev–Trinajstić information content (AvgIpc) is 2.93. The Morgan fingerprint density at radius 1 is 1.55 bits per heavy atom. The Kier molecular flexibility index (Phi) is 4.75. The van der Waals surface area contributed by atoms with Crippen LogP contribution in [0, 0.1) is 0 Å². The lowest BCUT2D eigenvalue weighted by molar-refractivity contribution is -0.138. The molecular formula is C12H12ClN3O3S.